The minimum Gasteiger partial charge on any atom is -0.496 e. The van der Waals surface area contributed by atoms with Gasteiger partial charge < -0.3 is 28.8 Å². The second-order valence-electron chi connectivity index (χ2n) is 11.9. The Bertz CT molecular complexity index is 1660. The number of likely N-dealkylation sites (tertiary alicyclic amines) is 1. The van der Waals surface area contributed by atoms with Gasteiger partial charge in [0, 0.05) is 43.8 Å². The Balaban J connectivity index is 1.16. The van der Waals surface area contributed by atoms with E-state index in [2.05, 4.69) is 16.0 Å². The van der Waals surface area contributed by atoms with Gasteiger partial charge in [-0.3, -0.25) is 9.88 Å². The molecule has 1 unspecified atom stereocenters. The summed E-state index contributed by atoms with van der Waals surface area (Å²) in [7, 11) is 1.61. The van der Waals surface area contributed by atoms with E-state index < -0.39 is 6.23 Å². The largest absolute Gasteiger partial charge is 0.496 e. The van der Waals surface area contributed by atoms with Gasteiger partial charge in [-0.15, -0.1) is 0 Å². The number of ether oxygens (including phenoxy) is 3. The average molecular weight is 582 g/mol. The van der Waals surface area contributed by atoms with Crippen molar-refractivity contribution in [3.8, 4) is 40.0 Å². The summed E-state index contributed by atoms with van der Waals surface area (Å²) in [4.78, 5) is 6.62. The Morgan fingerprint density at radius 1 is 1.00 bits per heavy atom. The standard InChI is InChI=1S/C34H35N3O6/c1-40-31-15-21(34(39)37-18-23-13-25(38)14-24(23)19-37)2-4-28(31)32-16-29-33(43-32)27(6-9-36-29)20-3-5-30(22(12-20)17-35)42-26-7-10-41-11-8-26/h2-6,9,12,15-16,23-26,34,38-39H,7-8,10-11,13-14,18-19H2,1H3/t23-,24+,25-,34?. The molecule has 2 aliphatic heterocycles. The fourth-order valence-electron chi connectivity index (χ4n) is 6.95. The van der Waals surface area contributed by atoms with Crippen LogP contribution in [0.3, 0.4) is 0 Å². The van der Waals surface area contributed by atoms with Crippen LogP contribution in [0.15, 0.2) is 59.1 Å². The van der Waals surface area contributed by atoms with Gasteiger partial charge in [-0.1, -0.05) is 12.1 Å². The number of nitriles is 1. The average Bonchev–Trinajstić information content (AvgIpc) is 3.74. The van der Waals surface area contributed by atoms with E-state index in [1.807, 2.05) is 48.5 Å². The van der Waals surface area contributed by atoms with Crippen molar-refractivity contribution in [2.75, 3.05) is 33.4 Å². The van der Waals surface area contributed by atoms with Gasteiger partial charge >= 0.3 is 0 Å². The van der Waals surface area contributed by atoms with Crippen molar-refractivity contribution in [2.24, 2.45) is 11.8 Å². The fraction of sp³-hybridized carbons (Fsp3) is 0.412. The SMILES string of the molecule is COc1cc(C(O)N2C[C@H]3C[C@@H](O)C[C@H]3C2)ccc1-c1cc2nccc(-c3ccc(OC4CCOCC4)c(C#N)c3)c2o1. The summed E-state index contributed by atoms with van der Waals surface area (Å²) in [5.41, 5.74) is 4.92. The van der Waals surface area contributed by atoms with Crippen molar-refractivity contribution in [1.82, 2.24) is 9.88 Å². The molecule has 43 heavy (non-hydrogen) atoms. The van der Waals surface area contributed by atoms with Crippen LogP contribution in [-0.4, -0.2) is 65.7 Å². The number of aromatic nitrogens is 1. The van der Waals surface area contributed by atoms with Gasteiger partial charge in [0.15, 0.2) is 5.58 Å². The molecule has 0 spiro atoms. The van der Waals surface area contributed by atoms with Crippen LogP contribution in [0.4, 0.5) is 0 Å². The highest BCUT2D eigenvalue weighted by atomic mass is 16.5. The zero-order valence-electron chi connectivity index (χ0n) is 24.1. The molecule has 1 saturated carbocycles. The number of methoxy groups -OCH3 is 1. The van der Waals surface area contributed by atoms with Gasteiger partial charge in [0.05, 0.1) is 37.6 Å². The number of pyridine rings is 1. The quantitative estimate of drug-likeness (QED) is 0.300. The van der Waals surface area contributed by atoms with Gasteiger partial charge in [-0.25, -0.2) is 0 Å². The normalized spacial score (nSPS) is 23.3. The van der Waals surface area contributed by atoms with E-state index >= 15 is 0 Å². The van der Waals surface area contributed by atoms with Crippen molar-refractivity contribution in [2.45, 2.75) is 44.1 Å². The first-order valence-electron chi connectivity index (χ1n) is 15.0. The lowest BCUT2D eigenvalue weighted by Gasteiger charge is -2.25. The number of aliphatic hydroxyl groups excluding tert-OH is 2. The van der Waals surface area contributed by atoms with Gasteiger partial charge in [0.25, 0.3) is 0 Å². The first-order valence-corrected chi connectivity index (χ1v) is 15.0. The molecule has 0 amide bonds. The number of hydrogen-bond acceptors (Lipinski definition) is 9. The van der Waals surface area contributed by atoms with Crippen LogP contribution < -0.4 is 9.47 Å². The molecular weight excluding hydrogens is 546 g/mol. The minimum atomic E-state index is -0.748. The summed E-state index contributed by atoms with van der Waals surface area (Å²) in [6.45, 7) is 2.89. The number of benzene rings is 2. The predicted molar refractivity (Wildman–Crippen MR) is 159 cm³/mol. The van der Waals surface area contributed by atoms with E-state index in [-0.39, 0.29) is 12.2 Å². The molecule has 9 heteroatoms. The molecule has 4 aromatic rings. The molecule has 4 heterocycles. The first kappa shape index (κ1) is 27.9. The molecule has 2 aromatic heterocycles. The highest BCUT2D eigenvalue weighted by Gasteiger charge is 2.42. The lowest BCUT2D eigenvalue weighted by atomic mass is 10.0. The molecular formula is C34H35N3O6. The maximum absolute atomic E-state index is 11.2. The second-order valence-corrected chi connectivity index (χ2v) is 11.9. The van der Waals surface area contributed by atoms with E-state index in [1.54, 1.807) is 13.3 Å². The zero-order chi connectivity index (χ0) is 29.5. The van der Waals surface area contributed by atoms with E-state index in [0.29, 0.717) is 59.0 Å². The number of aliphatic hydroxyl groups is 2. The van der Waals surface area contributed by atoms with Crippen LogP contribution in [0.25, 0.3) is 33.6 Å². The van der Waals surface area contributed by atoms with Crippen LogP contribution in [0.5, 0.6) is 11.5 Å². The Morgan fingerprint density at radius 3 is 2.53 bits per heavy atom. The van der Waals surface area contributed by atoms with Crippen LogP contribution in [0.2, 0.25) is 0 Å². The van der Waals surface area contributed by atoms with Gasteiger partial charge in [0.1, 0.15) is 41.2 Å². The highest BCUT2D eigenvalue weighted by Crippen LogP contribution is 2.43. The van der Waals surface area contributed by atoms with Gasteiger partial charge in [0.2, 0.25) is 0 Å². The Labute approximate surface area is 250 Å². The lowest BCUT2D eigenvalue weighted by molar-refractivity contribution is 0.00970. The second kappa shape index (κ2) is 11.6. The summed E-state index contributed by atoms with van der Waals surface area (Å²) >= 11 is 0. The molecule has 7 rings (SSSR count). The first-order chi connectivity index (χ1) is 21.0. The summed E-state index contributed by atoms with van der Waals surface area (Å²) in [5, 5.41) is 31.1. The zero-order valence-corrected chi connectivity index (χ0v) is 24.1. The summed E-state index contributed by atoms with van der Waals surface area (Å²) < 4.78 is 23.7. The molecule has 1 aliphatic carbocycles. The predicted octanol–water partition coefficient (Wildman–Crippen LogP) is 5.29. The molecule has 0 bridgehead atoms. The number of hydrogen-bond donors (Lipinski definition) is 2. The van der Waals surface area contributed by atoms with Gasteiger partial charge in [-0.05, 0) is 66.1 Å². The molecule has 2 N–H and O–H groups in total. The van der Waals surface area contributed by atoms with E-state index in [1.165, 1.54) is 0 Å². The number of fused-ring (bicyclic) bond motifs is 2. The Hall–Kier alpha value is -3.94. The molecule has 0 radical (unpaired) electrons. The molecule has 3 aliphatic rings. The Morgan fingerprint density at radius 2 is 1.79 bits per heavy atom. The molecule has 3 fully saturated rings. The third-order valence-electron chi connectivity index (χ3n) is 9.17. The van der Waals surface area contributed by atoms with Crippen molar-refractivity contribution >= 4 is 11.1 Å². The topological polar surface area (TPSA) is 121 Å². The van der Waals surface area contributed by atoms with E-state index in [4.69, 9.17) is 18.6 Å². The minimum absolute atomic E-state index is 0.0403. The monoisotopic (exact) mass is 581 g/mol. The smallest absolute Gasteiger partial charge is 0.161 e. The highest BCUT2D eigenvalue weighted by molar-refractivity contribution is 5.93. The number of furan rings is 1. The molecule has 9 nitrogen and oxygen atoms in total. The Kier molecular flexibility index (Phi) is 7.53. The third-order valence-corrected chi connectivity index (χ3v) is 9.17. The van der Waals surface area contributed by atoms with E-state index in [9.17, 15) is 15.5 Å². The van der Waals surface area contributed by atoms with Crippen molar-refractivity contribution < 1.29 is 28.8 Å². The molecule has 2 saturated heterocycles. The van der Waals surface area contributed by atoms with Crippen LogP contribution in [-0.2, 0) is 4.74 Å². The fourth-order valence-corrected chi connectivity index (χ4v) is 6.95. The van der Waals surface area contributed by atoms with Crippen molar-refractivity contribution in [1.29, 1.82) is 5.26 Å². The molecule has 2 aromatic carbocycles. The van der Waals surface area contributed by atoms with Crippen molar-refractivity contribution in [3.63, 3.8) is 0 Å². The van der Waals surface area contributed by atoms with E-state index in [0.717, 1.165) is 61.0 Å². The number of rotatable bonds is 7. The summed E-state index contributed by atoms with van der Waals surface area (Å²) in [6, 6.07) is 17.3. The molecule has 4 atom stereocenters. The number of nitrogens with zero attached hydrogens (tertiary/aromatic N) is 3. The van der Waals surface area contributed by atoms with Gasteiger partial charge in [-0.2, -0.15) is 5.26 Å². The maximum Gasteiger partial charge on any atom is 0.161 e. The van der Waals surface area contributed by atoms with Crippen LogP contribution in [0, 0.1) is 23.2 Å². The maximum atomic E-state index is 11.2. The van der Waals surface area contributed by atoms with Crippen molar-refractivity contribution in [3.05, 3.63) is 65.9 Å². The van der Waals surface area contributed by atoms with Crippen LogP contribution in [0.1, 0.15) is 43.0 Å². The van der Waals surface area contributed by atoms with Crippen LogP contribution >= 0.6 is 0 Å². The lowest BCUT2D eigenvalue weighted by Crippen LogP contribution is -2.28. The summed E-state index contributed by atoms with van der Waals surface area (Å²) in [5.74, 6) is 2.63. The summed E-state index contributed by atoms with van der Waals surface area (Å²) in [6.07, 6.45) is 4.04. The third kappa shape index (κ3) is 5.36. The molecule has 222 valence electrons.